The summed E-state index contributed by atoms with van der Waals surface area (Å²) in [5.41, 5.74) is 2.26. The molecule has 3 aromatic rings. The molecule has 4 unspecified atom stereocenters. The molecule has 2 saturated carbocycles. The number of amides is 2. The van der Waals surface area contributed by atoms with Gasteiger partial charge < -0.3 is 25.0 Å². The number of carboxylic acids is 1. The number of ether oxygens (including phenoxy) is 1. The van der Waals surface area contributed by atoms with E-state index in [-0.39, 0.29) is 38.8 Å². The molecule has 1 heterocycles. The molecule has 0 saturated heterocycles. The van der Waals surface area contributed by atoms with Crippen molar-refractivity contribution in [2.75, 3.05) is 13.1 Å². The Hall–Kier alpha value is -3.81. The molecule has 2 aromatic carbocycles. The molecule has 232 valence electrons. The highest BCUT2D eigenvalue weighted by molar-refractivity contribution is 5.83. The Labute approximate surface area is 255 Å². The summed E-state index contributed by atoms with van der Waals surface area (Å²) >= 11 is 0. The number of aliphatic carboxylic acids is 1. The number of fused-ring (bicyclic) bond motifs is 3. The molecule has 1 aromatic heterocycles. The normalized spacial score (nSPS) is 20.8. The summed E-state index contributed by atoms with van der Waals surface area (Å²) in [5, 5.41) is 13.5. The number of carbonyl (C=O) groups is 3. The number of benzene rings is 2. The molecule has 0 radical (unpaired) electrons. The minimum absolute atomic E-state index is 0. The lowest BCUT2D eigenvalue weighted by Gasteiger charge is -2.41. The summed E-state index contributed by atoms with van der Waals surface area (Å²) in [6.45, 7) is 2.59. The van der Waals surface area contributed by atoms with Crippen LogP contribution in [0.1, 0.15) is 76.8 Å². The van der Waals surface area contributed by atoms with E-state index in [1.165, 1.54) is 12.8 Å². The molecule has 2 amide bonds. The second-order valence-electron chi connectivity index (χ2n) is 12.5. The van der Waals surface area contributed by atoms with Crippen molar-refractivity contribution in [3.8, 4) is 0 Å². The molecule has 2 bridgehead atoms. The van der Waals surface area contributed by atoms with E-state index in [1.807, 2.05) is 67.7 Å². The van der Waals surface area contributed by atoms with Crippen molar-refractivity contribution in [1.82, 2.24) is 15.2 Å². The van der Waals surface area contributed by atoms with Gasteiger partial charge in [-0.15, -0.1) is 0 Å². The van der Waals surface area contributed by atoms with Crippen LogP contribution in [0.2, 0.25) is 0 Å². The standard InChI is InChI=1S/C34H43N3O5.CH4/c1-34(21-27-22-35-29-13-6-5-12-28(27)29,36-33(41)42-30-15-14-25-10-7-11-26(30)20-25)23-37(31(38)16-17-32(39)40)19-18-24-8-3-2-4-9-24;/h2-6,8-9,12-13,22,25-26,30,35H,7,10-11,14-21,23H2,1H3,(H,36,41)(H,39,40);1H4. The van der Waals surface area contributed by atoms with Crippen LogP contribution in [0.4, 0.5) is 4.79 Å². The summed E-state index contributed by atoms with van der Waals surface area (Å²) in [5.74, 6) is -0.0712. The van der Waals surface area contributed by atoms with Gasteiger partial charge in [0.2, 0.25) is 5.91 Å². The van der Waals surface area contributed by atoms with E-state index >= 15 is 0 Å². The Balaban J connectivity index is 0.00000423. The van der Waals surface area contributed by atoms with Crippen LogP contribution in [0.5, 0.6) is 0 Å². The van der Waals surface area contributed by atoms with Gasteiger partial charge in [-0.25, -0.2) is 4.79 Å². The fourth-order valence-electron chi connectivity index (χ4n) is 6.97. The second-order valence-corrected chi connectivity index (χ2v) is 12.5. The maximum atomic E-state index is 13.5. The number of para-hydroxylation sites is 1. The van der Waals surface area contributed by atoms with Gasteiger partial charge in [0.25, 0.3) is 0 Å². The third kappa shape index (κ3) is 8.62. The van der Waals surface area contributed by atoms with E-state index in [1.54, 1.807) is 4.90 Å². The molecule has 0 spiro atoms. The molecule has 43 heavy (non-hydrogen) atoms. The molecule has 8 heteroatoms. The number of carboxylic acid groups (broad SMARTS) is 1. The largest absolute Gasteiger partial charge is 0.481 e. The van der Waals surface area contributed by atoms with E-state index in [2.05, 4.69) is 10.3 Å². The summed E-state index contributed by atoms with van der Waals surface area (Å²) < 4.78 is 6.09. The number of alkyl carbamates (subject to hydrolysis) is 1. The Morgan fingerprint density at radius 3 is 2.58 bits per heavy atom. The van der Waals surface area contributed by atoms with Crippen LogP contribution < -0.4 is 5.32 Å². The third-order valence-electron chi connectivity index (χ3n) is 9.08. The van der Waals surface area contributed by atoms with Crippen molar-refractivity contribution < 1.29 is 24.2 Å². The van der Waals surface area contributed by atoms with Crippen LogP contribution in [0.25, 0.3) is 10.9 Å². The molecule has 8 nitrogen and oxygen atoms in total. The van der Waals surface area contributed by atoms with Gasteiger partial charge in [0.1, 0.15) is 6.10 Å². The van der Waals surface area contributed by atoms with Crippen LogP contribution in [0, 0.1) is 11.8 Å². The molecule has 0 aliphatic heterocycles. The lowest BCUT2D eigenvalue weighted by atomic mass is 9.71. The molecule has 2 fully saturated rings. The highest BCUT2D eigenvalue weighted by atomic mass is 16.6. The van der Waals surface area contributed by atoms with Crippen molar-refractivity contribution >= 4 is 28.9 Å². The van der Waals surface area contributed by atoms with Crippen LogP contribution in [0.3, 0.4) is 0 Å². The van der Waals surface area contributed by atoms with Crippen LogP contribution in [0.15, 0.2) is 60.8 Å². The molecule has 2 aliphatic carbocycles. The molecule has 3 N–H and O–H groups in total. The molecule has 2 aliphatic rings. The Morgan fingerprint density at radius 2 is 1.79 bits per heavy atom. The number of nitrogens with zero attached hydrogens (tertiary/aromatic N) is 1. The second kappa shape index (κ2) is 14.6. The number of H-pyrrole nitrogens is 1. The first-order valence-corrected chi connectivity index (χ1v) is 15.4. The lowest BCUT2D eigenvalue weighted by molar-refractivity contribution is -0.141. The zero-order valence-electron chi connectivity index (χ0n) is 24.5. The zero-order chi connectivity index (χ0) is 29.5. The van der Waals surface area contributed by atoms with Gasteiger partial charge in [-0.3, -0.25) is 9.59 Å². The minimum Gasteiger partial charge on any atom is -0.481 e. The first-order chi connectivity index (χ1) is 20.3. The fourth-order valence-corrected chi connectivity index (χ4v) is 6.97. The van der Waals surface area contributed by atoms with Gasteiger partial charge in [-0.2, -0.15) is 0 Å². The summed E-state index contributed by atoms with van der Waals surface area (Å²) in [6, 6.07) is 17.9. The average molecular weight is 590 g/mol. The smallest absolute Gasteiger partial charge is 0.407 e. The average Bonchev–Trinajstić information content (AvgIpc) is 3.38. The van der Waals surface area contributed by atoms with E-state index in [0.29, 0.717) is 25.3 Å². The number of aromatic amines is 1. The number of carbonyl (C=O) groups excluding carboxylic acids is 2. The molecule has 4 atom stereocenters. The highest BCUT2D eigenvalue weighted by Crippen LogP contribution is 2.41. The van der Waals surface area contributed by atoms with Crippen molar-refractivity contribution in [2.24, 2.45) is 11.8 Å². The Bertz CT molecular complexity index is 1370. The Kier molecular flexibility index (Phi) is 10.9. The number of rotatable bonds is 12. The lowest BCUT2D eigenvalue weighted by Crippen LogP contribution is -2.57. The number of hydrogen-bond acceptors (Lipinski definition) is 4. The number of hydrogen-bond donors (Lipinski definition) is 3. The maximum Gasteiger partial charge on any atom is 0.407 e. The summed E-state index contributed by atoms with van der Waals surface area (Å²) in [7, 11) is 0. The van der Waals surface area contributed by atoms with Crippen LogP contribution in [-0.4, -0.2) is 57.7 Å². The summed E-state index contributed by atoms with van der Waals surface area (Å²) in [4.78, 5) is 43.2. The van der Waals surface area contributed by atoms with Crippen molar-refractivity contribution in [3.05, 3.63) is 71.9 Å². The number of aromatic nitrogens is 1. The van der Waals surface area contributed by atoms with Crippen LogP contribution in [-0.2, 0) is 27.2 Å². The monoisotopic (exact) mass is 589 g/mol. The van der Waals surface area contributed by atoms with E-state index < -0.39 is 17.6 Å². The quantitative estimate of drug-likeness (QED) is 0.217. The van der Waals surface area contributed by atoms with Crippen LogP contribution >= 0.6 is 0 Å². The SMILES string of the molecule is C.CC(Cc1c[nH]c2ccccc12)(CN(CCc1ccccc1)C(=O)CCC(=O)O)NC(=O)OC1CCC2CCCC1C2. The fraction of sp³-hybridized carbons (Fsp3) is 0.514. The first kappa shape index (κ1) is 32.1. The van der Waals surface area contributed by atoms with Gasteiger partial charge in [-0.05, 0) is 74.5 Å². The van der Waals surface area contributed by atoms with E-state index in [0.717, 1.165) is 53.6 Å². The molecular weight excluding hydrogens is 542 g/mol. The number of nitrogens with one attached hydrogen (secondary N) is 2. The van der Waals surface area contributed by atoms with E-state index in [4.69, 9.17) is 4.74 Å². The summed E-state index contributed by atoms with van der Waals surface area (Å²) in [6.07, 6.45) is 8.92. The van der Waals surface area contributed by atoms with Gasteiger partial charge in [0, 0.05) is 36.6 Å². The molecular formula is C35H47N3O5. The highest BCUT2D eigenvalue weighted by Gasteiger charge is 2.38. The van der Waals surface area contributed by atoms with Crippen molar-refractivity contribution in [2.45, 2.75) is 90.2 Å². The first-order valence-electron chi connectivity index (χ1n) is 15.4. The Morgan fingerprint density at radius 1 is 1.02 bits per heavy atom. The van der Waals surface area contributed by atoms with Gasteiger partial charge >= 0.3 is 12.1 Å². The van der Waals surface area contributed by atoms with Crippen molar-refractivity contribution in [3.63, 3.8) is 0 Å². The maximum absolute atomic E-state index is 13.5. The minimum atomic E-state index is -1.01. The predicted octanol–water partition coefficient (Wildman–Crippen LogP) is 6.74. The van der Waals surface area contributed by atoms with Gasteiger partial charge in [0.05, 0.1) is 12.0 Å². The third-order valence-corrected chi connectivity index (χ3v) is 9.08. The van der Waals surface area contributed by atoms with Crippen molar-refractivity contribution in [1.29, 1.82) is 0 Å². The van der Waals surface area contributed by atoms with E-state index in [9.17, 15) is 19.5 Å². The zero-order valence-corrected chi connectivity index (χ0v) is 24.5. The van der Waals surface area contributed by atoms with Gasteiger partial charge in [-0.1, -0.05) is 68.8 Å². The predicted molar refractivity (Wildman–Crippen MR) is 169 cm³/mol. The van der Waals surface area contributed by atoms with Gasteiger partial charge in [0.15, 0.2) is 0 Å². The molecule has 5 rings (SSSR count). The topological polar surface area (TPSA) is 112 Å².